The fourth-order valence-corrected chi connectivity index (χ4v) is 2.92. The van der Waals surface area contributed by atoms with Crippen LogP contribution in [0.1, 0.15) is 25.1 Å². The van der Waals surface area contributed by atoms with Crippen molar-refractivity contribution in [3.63, 3.8) is 0 Å². The van der Waals surface area contributed by atoms with Crippen molar-refractivity contribution in [1.82, 2.24) is 0 Å². The Kier molecular flexibility index (Phi) is 3.79. The lowest BCUT2D eigenvalue weighted by Crippen LogP contribution is -2.09. The fraction of sp³-hybridized carbons (Fsp3) is 0.176. The van der Waals surface area contributed by atoms with E-state index < -0.39 is 0 Å². The third-order valence-corrected chi connectivity index (χ3v) is 4.19. The second-order valence-corrected chi connectivity index (χ2v) is 5.62. The minimum Gasteiger partial charge on any atom is -0.467 e. The summed E-state index contributed by atoms with van der Waals surface area (Å²) >= 11 is 3.61. The van der Waals surface area contributed by atoms with Gasteiger partial charge in [0.15, 0.2) is 0 Å². The Hall–Kier alpha value is -1.74. The highest BCUT2D eigenvalue weighted by Gasteiger charge is 2.13. The molecule has 0 saturated carbocycles. The van der Waals surface area contributed by atoms with Gasteiger partial charge >= 0.3 is 0 Å². The average molecular weight is 330 g/mol. The van der Waals surface area contributed by atoms with Crippen molar-refractivity contribution in [2.45, 2.75) is 19.4 Å². The SMILES string of the molecule is CCC(Nc1ccc(Br)c2ccccc12)c1ccco1. The van der Waals surface area contributed by atoms with Crippen LogP contribution in [0.15, 0.2) is 63.7 Å². The third-order valence-electron chi connectivity index (χ3n) is 3.50. The van der Waals surface area contributed by atoms with Crippen molar-refractivity contribution in [3.8, 4) is 0 Å². The molecule has 0 fully saturated rings. The number of nitrogens with one attached hydrogen (secondary N) is 1. The molecule has 1 N–H and O–H groups in total. The minimum absolute atomic E-state index is 0.189. The van der Waals surface area contributed by atoms with Crippen LogP contribution in [0.3, 0.4) is 0 Å². The van der Waals surface area contributed by atoms with Gasteiger partial charge in [-0.1, -0.05) is 47.1 Å². The van der Waals surface area contributed by atoms with E-state index in [-0.39, 0.29) is 6.04 Å². The molecule has 102 valence electrons. The van der Waals surface area contributed by atoms with Crippen molar-refractivity contribution in [1.29, 1.82) is 0 Å². The van der Waals surface area contributed by atoms with Crippen LogP contribution >= 0.6 is 15.9 Å². The number of hydrogen-bond acceptors (Lipinski definition) is 2. The van der Waals surface area contributed by atoms with Gasteiger partial charge in [-0.2, -0.15) is 0 Å². The predicted molar refractivity (Wildman–Crippen MR) is 87.0 cm³/mol. The molecule has 3 heteroatoms. The van der Waals surface area contributed by atoms with E-state index in [1.807, 2.05) is 12.1 Å². The van der Waals surface area contributed by atoms with E-state index in [2.05, 4.69) is 64.6 Å². The van der Waals surface area contributed by atoms with E-state index in [1.54, 1.807) is 6.26 Å². The van der Waals surface area contributed by atoms with E-state index >= 15 is 0 Å². The lowest BCUT2D eigenvalue weighted by atomic mass is 10.1. The van der Waals surface area contributed by atoms with Crippen LogP contribution in [0.5, 0.6) is 0 Å². The van der Waals surface area contributed by atoms with Crippen LogP contribution in [0.2, 0.25) is 0 Å². The first-order chi connectivity index (χ1) is 9.79. The molecule has 0 aliphatic heterocycles. The molecule has 20 heavy (non-hydrogen) atoms. The van der Waals surface area contributed by atoms with Crippen molar-refractivity contribution < 1.29 is 4.42 Å². The van der Waals surface area contributed by atoms with Crippen molar-refractivity contribution >= 4 is 32.4 Å². The van der Waals surface area contributed by atoms with Gasteiger partial charge in [-0.25, -0.2) is 0 Å². The van der Waals surface area contributed by atoms with Gasteiger partial charge in [0, 0.05) is 15.5 Å². The molecule has 1 aromatic heterocycles. The second kappa shape index (κ2) is 5.71. The number of furan rings is 1. The molecule has 2 aromatic carbocycles. The standard InChI is InChI=1S/C17H16BrNO/c1-2-15(17-8-5-11-20-17)19-16-10-9-14(18)12-6-3-4-7-13(12)16/h3-11,15,19H,2H2,1H3. The first-order valence-electron chi connectivity index (χ1n) is 6.76. The van der Waals surface area contributed by atoms with Crippen molar-refractivity contribution in [2.75, 3.05) is 5.32 Å². The highest BCUT2D eigenvalue weighted by atomic mass is 79.9. The highest BCUT2D eigenvalue weighted by Crippen LogP contribution is 2.32. The van der Waals surface area contributed by atoms with Gasteiger partial charge in [-0.3, -0.25) is 0 Å². The third kappa shape index (κ3) is 2.46. The molecule has 3 aromatic rings. The molecule has 0 bridgehead atoms. The lowest BCUT2D eigenvalue weighted by molar-refractivity contribution is 0.474. The topological polar surface area (TPSA) is 25.2 Å². The van der Waals surface area contributed by atoms with Gasteiger partial charge < -0.3 is 9.73 Å². The summed E-state index contributed by atoms with van der Waals surface area (Å²) in [5.41, 5.74) is 1.13. The number of halogens is 1. The van der Waals surface area contributed by atoms with Gasteiger partial charge in [-0.15, -0.1) is 0 Å². The van der Waals surface area contributed by atoms with Crippen LogP contribution in [0.25, 0.3) is 10.8 Å². The summed E-state index contributed by atoms with van der Waals surface area (Å²) in [7, 11) is 0. The molecule has 1 atom stereocenters. The molecule has 0 aliphatic rings. The van der Waals surface area contributed by atoms with Gasteiger partial charge in [0.25, 0.3) is 0 Å². The number of benzene rings is 2. The summed E-state index contributed by atoms with van der Waals surface area (Å²) < 4.78 is 6.64. The molecule has 0 saturated heterocycles. The summed E-state index contributed by atoms with van der Waals surface area (Å²) in [5.74, 6) is 0.972. The Morgan fingerprint density at radius 2 is 1.85 bits per heavy atom. The molecule has 0 radical (unpaired) electrons. The largest absolute Gasteiger partial charge is 0.467 e. The monoisotopic (exact) mass is 329 g/mol. The average Bonchev–Trinajstić information content (AvgIpc) is 3.01. The molecule has 0 spiro atoms. The minimum atomic E-state index is 0.189. The molecule has 2 nitrogen and oxygen atoms in total. The summed E-state index contributed by atoms with van der Waals surface area (Å²) in [5, 5.41) is 6.02. The van der Waals surface area contributed by atoms with Crippen molar-refractivity contribution in [2.24, 2.45) is 0 Å². The second-order valence-electron chi connectivity index (χ2n) is 4.76. The summed E-state index contributed by atoms with van der Waals surface area (Å²) in [6.07, 6.45) is 2.69. The molecule has 3 rings (SSSR count). The van der Waals surface area contributed by atoms with Crippen molar-refractivity contribution in [3.05, 3.63) is 65.0 Å². The summed E-state index contributed by atoms with van der Waals surface area (Å²) in [4.78, 5) is 0. The predicted octanol–water partition coefficient (Wildman–Crippen LogP) is 5.76. The van der Waals surface area contributed by atoms with E-state index in [0.717, 1.165) is 22.3 Å². The maximum atomic E-state index is 5.52. The number of rotatable bonds is 4. The van der Waals surface area contributed by atoms with Gasteiger partial charge in [0.05, 0.1) is 12.3 Å². The molecular formula is C17H16BrNO. The maximum absolute atomic E-state index is 5.52. The zero-order valence-corrected chi connectivity index (χ0v) is 12.9. The number of anilines is 1. The van der Waals surface area contributed by atoms with E-state index in [9.17, 15) is 0 Å². The number of hydrogen-bond donors (Lipinski definition) is 1. The highest BCUT2D eigenvalue weighted by molar-refractivity contribution is 9.10. The van der Waals surface area contributed by atoms with E-state index in [1.165, 1.54) is 10.8 Å². The van der Waals surface area contributed by atoms with Crippen LogP contribution in [0, 0.1) is 0 Å². The Balaban J connectivity index is 2.00. The van der Waals surface area contributed by atoms with Gasteiger partial charge in [0.2, 0.25) is 0 Å². The van der Waals surface area contributed by atoms with Crippen LogP contribution in [0.4, 0.5) is 5.69 Å². The lowest BCUT2D eigenvalue weighted by Gasteiger charge is -2.18. The zero-order valence-electron chi connectivity index (χ0n) is 11.3. The molecular weight excluding hydrogens is 314 g/mol. The van der Waals surface area contributed by atoms with Crippen LogP contribution in [-0.2, 0) is 0 Å². The smallest absolute Gasteiger partial charge is 0.125 e. The van der Waals surface area contributed by atoms with Crippen LogP contribution < -0.4 is 5.32 Å². The van der Waals surface area contributed by atoms with E-state index in [0.29, 0.717) is 0 Å². The van der Waals surface area contributed by atoms with Gasteiger partial charge in [0.1, 0.15) is 5.76 Å². The fourth-order valence-electron chi connectivity index (χ4n) is 2.44. The number of fused-ring (bicyclic) bond motifs is 1. The van der Waals surface area contributed by atoms with Gasteiger partial charge in [-0.05, 0) is 36.1 Å². The Morgan fingerprint density at radius 3 is 2.55 bits per heavy atom. The quantitative estimate of drug-likeness (QED) is 0.658. The molecule has 0 aliphatic carbocycles. The van der Waals surface area contributed by atoms with Crippen LogP contribution in [-0.4, -0.2) is 0 Å². The molecule has 1 heterocycles. The maximum Gasteiger partial charge on any atom is 0.125 e. The molecule has 0 amide bonds. The first kappa shape index (κ1) is 13.3. The molecule has 1 unspecified atom stereocenters. The normalized spacial score (nSPS) is 12.5. The van der Waals surface area contributed by atoms with E-state index in [4.69, 9.17) is 4.42 Å². The Labute approximate surface area is 126 Å². The zero-order chi connectivity index (χ0) is 13.9. The summed E-state index contributed by atoms with van der Waals surface area (Å²) in [6, 6.07) is 16.7. The Morgan fingerprint density at radius 1 is 1.05 bits per heavy atom. The first-order valence-corrected chi connectivity index (χ1v) is 7.56. The Bertz CT molecular complexity index is 706. The summed E-state index contributed by atoms with van der Waals surface area (Å²) in [6.45, 7) is 2.15.